The Morgan fingerprint density at radius 3 is 2.86 bits per heavy atom. The predicted molar refractivity (Wildman–Crippen MR) is 108 cm³/mol. The number of methoxy groups -OCH3 is 1. The van der Waals surface area contributed by atoms with Crippen LogP contribution in [0.1, 0.15) is 5.56 Å². The van der Waals surface area contributed by atoms with Gasteiger partial charge in [0.2, 0.25) is 11.7 Å². The topological polar surface area (TPSA) is 73.4 Å². The number of amides is 1. The average molecular weight is 398 g/mol. The number of aromatic nitrogens is 3. The van der Waals surface area contributed by atoms with Crippen molar-refractivity contribution in [2.45, 2.75) is 18.2 Å². The molecule has 0 aliphatic heterocycles. The second-order valence-electron chi connectivity index (χ2n) is 6.03. The van der Waals surface area contributed by atoms with Gasteiger partial charge in [-0.2, -0.15) is 0 Å². The van der Waals surface area contributed by atoms with Gasteiger partial charge in [-0.3, -0.25) is 9.36 Å². The van der Waals surface area contributed by atoms with Gasteiger partial charge in [0, 0.05) is 25.7 Å². The average Bonchev–Trinajstić information content (AvgIpc) is 3.36. The number of nitrogens with zero attached hydrogens (tertiary/aromatic N) is 4. The number of furan rings is 1. The number of benzene rings is 1. The van der Waals surface area contributed by atoms with E-state index in [0.29, 0.717) is 29.8 Å². The van der Waals surface area contributed by atoms with Gasteiger partial charge in [-0.25, -0.2) is 0 Å². The maximum atomic E-state index is 12.6. The van der Waals surface area contributed by atoms with Gasteiger partial charge >= 0.3 is 0 Å². The highest BCUT2D eigenvalue weighted by Gasteiger charge is 2.18. The first-order valence-electron chi connectivity index (χ1n) is 8.70. The van der Waals surface area contributed by atoms with Crippen LogP contribution in [0.2, 0.25) is 0 Å². The number of hydrogen-bond donors (Lipinski definition) is 0. The van der Waals surface area contributed by atoms with E-state index >= 15 is 0 Å². The van der Waals surface area contributed by atoms with Crippen LogP contribution >= 0.6 is 11.8 Å². The second-order valence-corrected chi connectivity index (χ2v) is 6.98. The highest BCUT2D eigenvalue weighted by atomic mass is 32.2. The standard InChI is InChI=1S/C20H22N4O3S/c1-4-11-24-19(17-10-7-12-27-17)21-22-20(24)28-14-18(25)23(2)13-15-8-5-6-9-16(15)26-3/h4-10,12H,1,11,13-14H2,2-3H3. The van der Waals surface area contributed by atoms with Crippen LogP contribution in [0.15, 0.2) is 64.9 Å². The van der Waals surface area contributed by atoms with Crippen molar-refractivity contribution in [1.82, 2.24) is 19.7 Å². The maximum absolute atomic E-state index is 12.6. The molecular weight excluding hydrogens is 376 g/mol. The molecule has 0 saturated carbocycles. The van der Waals surface area contributed by atoms with Crippen LogP contribution in [0, 0.1) is 0 Å². The number of thioether (sulfide) groups is 1. The summed E-state index contributed by atoms with van der Waals surface area (Å²) in [5, 5.41) is 9.05. The van der Waals surface area contributed by atoms with E-state index in [1.54, 1.807) is 37.5 Å². The number of para-hydroxylation sites is 1. The van der Waals surface area contributed by atoms with Crippen LogP contribution in [0.3, 0.4) is 0 Å². The van der Waals surface area contributed by atoms with E-state index in [1.165, 1.54) is 11.8 Å². The normalized spacial score (nSPS) is 10.6. The SMILES string of the molecule is C=CCn1c(SCC(=O)N(C)Cc2ccccc2OC)nnc1-c1ccco1. The fourth-order valence-electron chi connectivity index (χ4n) is 2.69. The molecule has 0 N–H and O–H groups in total. The Balaban J connectivity index is 1.66. The largest absolute Gasteiger partial charge is 0.496 e. The van der Waals surface area contributed by atoms with Gasteiger partial charge in [0.25, 0.3) is 0 Å². The van der Waals surface area contributed by atoms with Gasteiger partial charge in [0.15, 0.2) is 10.9 Å². The van der Waals surface area contributed by atoms with Crippen molar-refractivity contribution in [1.29, 1.82) is 0 Å². The number of carbonyl (C=O) groups excluding carboxylic acids is 1. The Bertz CT molecular complexity index is 937. The summed E-state index contributed by atoms with van der Waals surface area (Å²) in [6.07, 6.45) is 3.35. The van der Waals surface area contributed by atoms with Crippen LogP contribution < -0.4 is 4.74 Å². The highest BCUT2D eigenvalue weighted by Crippen LogP contribution is 2.25. The van der Waals surface area contributed by atoms with E-state index in [0.717, 1.165) is 11.3 Å². The zero-order valence-corrected chi connectivity index (χ0v) is 16.7. The number of hydrogen-bond acceptors (Lipinski definition) is 6. The van der Waals surface area contributed by atoms with Crippen molar-refractivity contribution in [3.63, 3.8) is 0 Å². The zero-order chi connectivity index (χ0) is 19.9. The molecule has 3 rings (SSSR count). The summed E-state index contributed by atoms with van der Waals surface area (Å²) in [5.74, 6) is 2.24. The first-order valence-corrected chi connectivity index (χ1v) is 9.69. The lowest BCUT2D eigenvalue weighted by Gasteiger charge is -2.18. The predicted octanol–water partition coefficient (Wildman–Crippen LogP) is 3.48. The number of ether oxygens (including phenoxy) is 1. The van der Waals surface area contributed by atoms with E-state index < -0.39 is 0 Å². The van der Waals surface area contributed by atoms with Crippen molar-refractivity contribution < 1.29 is 13.9 Å². The molecule has 8 heteroatoms. The van der Waals surface area contributed by atoms with Crippen molar-refractivity contribution in [3.05, 3.63) is 60.9 Å². The summed E-state index contributed by atoms with van der Waals surface area (Å²) in [6, 6.07) is 11.3. The monoisotopic (exact) mass is 398 g/mol. The lowest BCUT2D eigenvalue weighted by molar-refractivity contribution is -0.127. The van der Waals surface area contributed by atoms with Crippen molar-refractivity contribution >= 4 is 17.7 Å². The van der Waals surface area contributed by atoms with Crippen molar-refractivity contribution in [3.8, 4) is 17.3 Å². The smallest absolute Gasteiger partial charge is 0.233 e. The molecule has 0 bridgehead atoms. The van der Waals surface area contributed by atoms with E-state index in [4.69, 9.17) is 9.15 Å². The fraction of sp³-hybridized carbons (Fsp3) is 0.250. The molecular formula is C20H22N4O3S. The molecule has 146 valence electrons. The third-order valence-electron chi connectivity index (χ3n) is 4.12. The molecule has 2 heterocycles. The summed E-state index contributed by atoms with van der Waals surface area (Å²) in [6.45, 7) is 4.78. The molecule has 0 aliphatic carbocycles. The summed E-state index contributed by atoms with van der Waals surface area (Å²) in [7, 11) is 3.40. The van der Waals surface area contributed by atoms with E-state index in [1.807, 2.05) is 34.9 Å². The van der Waals surface area contributed by atoms with Gasteiger partial charge in [0.05, 0.1) is 19.1 Å². The third-order valence-corrected chi connectivity index (χ3v) is 5.07. The number of rotatable bonds is 9. The minimum absolute atomic E-state index is 0.0105. The van der Waals surface area contributed by atoms with Gasteiger partial charge in [-0.05, 0) is 18.2 Å². The molecule has 7 nitrogen and oxygen atoms in total. The van der Waals surface area contributed by atoms with E-state index in [9.17, 15) is 4.79 Å². The molecule has 0 unspecified atom stereocenters. The fourth-order valence-corrected chi connectivity index (χ4v) is 3.58. The molecule has 3 aromatic rings. The molecule has 1 aromatic carbocycles. The maximum Gasteiger partial charge on any atom is 0.233 e. The zero-order valence-electron chi connectivity index (χ0n) is 15.9. The second kappa shape index (κ2) is 9.27. The Labute approximate surface area is 168 Å². The first kappa shape index (κ1) is 19.8. The van der Waals surface area contributed by atoms with Crippen molar-refractivity contribution in [2.75, 3.05) is 19.9 Å². The molecule has 28 heavy (non-hydrogen) atoms. The van der Waals surface area contributed by atoms with Crippen LogP contribution in [0.4, 0.5) is 0 Å². The van der Waals surface area contributed by atoms with Gasteiger partial charge in [0.1, 0.15) is 5.75 Å². The summed E-state index contributed by atoms with van der Waals surface area (Å²) in [5.41, 5.74) is 0.959. The molecule has 0 aliphatic rings. The summed E-state index contributed by atoms with van der Waals surface area (Å²) < 4.78 is 12.6. The lowest BCUT2D eigenvalue weighted by Crippen LogP contribution is -2.28. The minimum atomic E-state index is -0.0105. The molecule has 0 radical (unpaired) electrons. The quantitative estimate of drug-likeness (QED) is 0.406. The highest BCUT2D eigenvalue weighted by molar-refractivity contribution is 7.99. The molecule has 1 amide bonds. The van der Waals surface area contributed by atoms with E-state index in [2.05, 4.69) is 16.8 Å². The summed E-state index contributed by atoms with van der Waals surface area (Å²) in [4.78, 5) is 14.3. The molecule has 0 saturated heterocycles. The van der Waals surface area contributed by atoms with Crippen LogP contribution in [0.5, 0.6) is 5.75 Å². The van der Waals surface area contributed by atoms with Gasteiger partial charge in [-0.15, -0.1) is 16.8 Å². The van der Waals surface area contributed by atoms with Crippen LogP contribution in [-0.2, 0) is 17.9 Å². The Morgan fingerprint density at radius 2 is 2.14 bits per heavy atom. The Morgan fingerprint density at radius 1 is 1.32 bits per heavy atom. The molecule has 0 fully saturated rings. The Kier molecular flexibility index (Phi) is 6.54. The Hall–Kier alpha value is -3.00. The van der Waals surface area contributed by atoms with Crippen LogP contribution in [-0.4, -0.2) is 45.5 Å². The molecule has 0 atom stereocenters. The molecule has 0 spiro atoms. The van der Waals surface area contributed by atoms with Gasteiger partial charge in [-0.1, -0.05) is 36.0 Å². The third kappa shape index (κ3) is 4.45. The number of carbonyl (C=O) groups is 1. The lowest BCUT2D eigenvalue weighted by atomic mass is 10.2. The first-order chi connectivity index (χ1) is 13.6. The van der Waals surface area contributed by atoms with Crippen LogP contribution in [0.25, 0.3) is 11.6 Å². The van der Waals surface area contributed by atoms with Crippen molar-refractivity contribution in [2.24, 2.45) is 0 Å². The van der Waals surface area contributed by atoms with Gasteiger partial charge < -0.3 is 14.1 Å². The summed E-state index contributed by atoms with van der Waals surface area (Å²) >= 11 is 1.34. The molecule has 2 aromatic heterocycles. The number of allylic oxidation sites excluding steroid dienone is 1. The minimum Gasteiger partial charge on any atom is -0.496 e. The van der Waals surface area contributed by atoms with E-state index in [-0.39, 0.29) is 11.7 Å².